The Morgan fingerprint density at radius 2 is 2.22 bits per heavy atom. The first-order chi connectivity index (χ1) is 11.2. The number of carbonyl (C=O) groups is 1. The Morgan fingerprint density at radius 3 is 3.00 bits per heavy atom. The summed E-state index contributed by atoms with van der Waals surface area (Å²) in [5, 5.41) is 7.50. The maximum Gasteiger partial charge on any atom is 0.272 e. The zero-order chi connectivity index (χ0) is 16.2. The van der Waals surface area contributed by atoms with Crippen molar-refractivity contribution in [2.75, 3.05) is 20.3 Å². The summed E-state index contributed by atoms with van der Waals surface area (Å²) in [6, 6.07) is 8.00. The quantitative estimate of drug-likeness (QED) is 0.815. The topological polar surface area (TPSA) is 56.1 Å². The van der Waals surface area contributed by atoms with Gasteiger partial charge in [0.05, 0.1) is 12.3 Å². The minimum Gasteiger partial charge on any atom is -0.383 e. The lowest BCUT2D eigenvalue weighted by Crippen LogP contribution is -2.28. The number of nitrogens with zero attached hydrogens (tertiary/aromatic N) is 2. The van der Waals surface area contributed by atoms with E-state index >= 15 is 0 Å². The molecule has 0 saturated heterocycles. The molecular weight excluding hydrogens is 358 g/mol. The normalized spacial score (nSPS) is 13.7. The van der Waals surface area contributed by atoms with Crippen molar-refractivity contribution >= 4 is 21.8 Å². The number of methoxy groups -OCH3 is 1. The first kappa shape index (κ1) is 16.2. The van der Waals surface area contributed by atoms with Crippen LogP contribution in [0.2, 0.25) is 0 Å². The van der Waals surface area contributed by atoms with Crippen LogP contribution in [0.3, 0.4) is 0 Å². The minimum atomic E-state index is -0.117. The predicted molar refractivity (Wildman–Crippen MR) is 92.1 cm³/mol. The molecule has 0 bridgehead atoms. The molecule has 0 radical (unpaired) electrons. The van der Waals surface area contributed by atoms with Crippen LogP contribution >= 0.6 is 15.9 Å². The van der Waals surface area contributed by atoms with Crippen molar-refractivity contribution in [1.29, 1.82) is 0 Å². The number of aromatic nitrogens is 2. The van der Waals surface area contributed by atoms with Gasteiger partial charge in [0.2, 0.25) is 0 Å². The molecule has 0 spiro atoms. The van der Waals surface area contributed by atoms with E-state index in [-0.39, 0.29) is 5.91 Å². The maximum absolute atomic E-state index is 12.5. The first-order valence-electron chi connectivity index (χ1n) is 7.84. The number of halogens is 1. The maximum atomic E-state index is 12.5. The summed E-state index contributed by atoms with van der Waals surface area (Å²) >= 11 is 3.50. The van der Waals surface area contributed by atoms with Gasteiger partial charge in [-0.15, -0.1) is 0 Å². The summed E-state index contributed by atoms with van der Waals surface area (Å²) in [6.07, 6.45) is 4.11. The van der Waals surface area contributed by atoms with Crippen LogP contribution in [0.5, 0.6) is 0 Å². The van der Waals surface area contributed by atoms with Crippen molar-refractivity contribution in [2.24, 2.45) is 0 Å². The first-order valence-corrected chi connectivity index (χ1v) is 8.64. The van der Waals surface area contributed by atoms with Gasteiger partial charge in [0.1, 0.15) is 0 Å². The third-order valence-corrected chi connectivity index (χ3v) is 4.53. The summed E-state index contributed by atoms with van der Waals surface area (Å²) < 4.78 is 7.91. The van der Waals surface area contributed by atoms with E-state index in [2.05, 4.69) is 26.3 Å². The van der Waals surface area contributed by atoms with Gasteiger partial charge in [-0.25, -0.2) is 4.68 Å². The summed E-state index contributed by atoms with van der Waals surface area (Å²) in [7, 11) is 1.62. The molecule has 6 heteroatoms. The Kier molecular flexibility index (Phi) is 5.13. The zero-order valence-electron chi connectivity index (χ0n) is 13.1. The Labute approximate surface area is 144 Å². The van der Waals surface area contributed by atoms with Crippen LogP contribution in [0.4, 0.5) is 0 Å². The highest BCUT2D eigenvalue weighted by Gasteiger charge is 2.25. The van der Waals surface area contributed by atoms with Gasteiger partial charge < -0.3 is 10.1 Å². The van der Waals surface area contributed by atoms with Crippen LogP contribution in [-0.2, 0) is 17.6 Å². The highest BCUT2D eigenvalue weighted by atomic mass is 79.9. The second kappa shape index (κ2) is 7.27. The number of nitrogens with one attached hydrogen (secondary N) is 1. The number of hydrogen-bond donors (Lipinski definition) is 1. The monoisotopic (exact) mass is 377 g/mol. The van der Waals surface area contributed by atoms with Gasteiger partial charge in [0.15, 0.2) is 5.69 Å². The van der Waals surface area contributed by atoms with Crippen molar-refractivity contribution in [2.45, 2.75) is 25.7 Å². The number of amides is 1. The van der Waals surface area contributed by atoms with E-state index in [1.165, 1.54) is 0 Å². The van der Waals surface area contributed by atoms with Crippen LogP contribution < -0.4 is 5.32 Å². The number of carbonyl (C=O) groups excluding carboxylic acids is 1. The fourth-order valence-corrected chi connectivity index (χ4v) is 3.34. The lowest BCUT2D eigenvalue weighted by atomic mass is 9.95. The van der Waals surface area contributed by atoms with E-state index in [9.17, 15) is 4.79 Å². The van der Waals surface area contributed by atoms with Crippen LogP contribution in [0, 0.1) is 0 Å². The number of ether oxygens (including phenoxy) is 1. The van der Waals surface area contributed by atoms with Gasteiger partial charge in [-0.1, -0.05) is 22.0 Å². The minimum absolute atomic E-state index is 0.117. The fourth-order valence-electron chi connectivity index (χ4n) is 2.95. The van der Waals surface area contributed by atoms with Crippen molar-refractivity contribution < 1.29 is 9.53 Å². The molecule has 5 nitrogen and oxygen atoms in total. The third kappa shape index (κ3) is 3.48. The lowest BCUT2D eigenvalue weighted by Gasteiger charge is -2.14. The fraction of sp³-hybridized carbons (Fsp3) is 0.412. The second-order valence-electron chi connectivity index (χ2n) is 5.62. The van der Waals surface area contributed by atoms with Crippen molar-refractivity contribution in [3.05, 3.63) is 45.7 Å². The highest BCUT2D eigenvalue weighted by Crippen LogP contribution is 2.27. The van der Waals surface area contributed by atoms with Gasteiger partial charge in [-0.3, -0.25) is 4.79 Å². The van der Waals surface area contributed by atoms with Gasteiger partial charge in [-0.2, -0.15) is 5.10 Å². The molecule has 0 aliphatic heterocycles. The molecule has 2 aromatic rings. The van der Waals surface area contributed by atoms with Gasteiger partial charge in [0, 0.05) is 29.4 Å². The molecule has 1 aromatic heterocycles. The standard InChI is InChI=1S/C17H20BrN3O2/c1-23-10-9-19-17(22)16-14-7-2-3-8-15(14)21(20-16)13-6-4-5-12(18)11-13/h4-6,11H,2-3,7-10H2,1H3,(H,19,22). The molecule has 1 aliphatic rings. The summed E-state index contributed by atoms with van der Waals surface area (Å²) in [5.74, 6) is -0.117. The van der Waals surface area contributed by atoms with Crippen LogP contribution in [0.15, 0.2) is 28.7 Å². The summed E-state index contributed by atoms with van der Waals surface area (Å²) in [4.78, 5) is 12.5. The Bertz CT molecular complexity index is 712. The zero-order valence-corrected chi connectivity index (χ0v) is 14.7. The number of rotatable bonds is 5. The van der Waals surface area contributed by atoms with Gasteiger partial charge in [0.25, 0.3) is 5.91 Å². The Balaban J connectivity index is 1.96. The van der Waals surface area contributed by atoms with E-state index < -0.39 is 0 Å². The largest absolute Gasteiger partial charge is 0.383 e. The van der Waals surface area contributed by atoms with Crippen LogP contribution in [0.25, 0.3) is 5.69 Å². The number of fused-ring (bicyclic) bond motifs is 1. The highest BCUT2D eigenvalue weighted by molar-refractivity contribution is 9.10. The van der Waals surface area contributed by atoms with E-state index in [0.29, 0.717) is 18.8 Å². The van der Waals surface area contributed by atoms with Crippen molar-refractivity contribution in [3.8, 4) is 5.69 Å². The number of benzene rings is 1. The Morgan fingerprint density at radius 1 is 1.39 bits per heavy atom. The third-order valence-electron chi connectivity index (χ3n) is 4.04. The molecule has 1 amide bonds. The average Bonchev–Trinajstić information content (AvgIpc) is 2.95. The lowest BCUT2D eigenvalue weighted by molar-refractivity contribution is 0.0930. The van der Waals surface area contributed by atoms with Crippen molar-refractivity contribution in [1.82, 2.24) is 15.1 Å². The van der Waals surface area contributed by atoms with Crippen molar-refractivity contribution in [3.63, 3.8) is 0 Å². The van der Waals surface area contributed by atoms with E-state index in [1.54, 1.807) is 7.11 Å². The molecule has 1 heterocycles. The predicted octanol–water partition coefficient (Wildman–Crippen LogP) is 2.89. The number of hydrogen-bond acceptors (Lipinski definition) is 3. The molecule has 3 rings (SSSR count). The molecule has 23 heavy (non-hydrogen) atoms. The SMILES string of the molecule is COCCNC(=O)c1nn(-c2cccc(Br)c2)c2c1CCCC2. The molecule has 1 aromatic carbocycles. The van der Waals surface area contributed by atoms with Gasteiger partial charge >= 0.3 is 0 Å². The van der Waals surface area contributed by atoms with Gasteiger partial charge in [-0.05, 0) is 43.9 Å². The molecule has 0 fully saturated rings. The second-order valence-corrected chi connectivity index (χ2v) is 6.54. The van der Waals surface area contributed by atoms with E-state index in [4.69, 9.17) is 4.74 Å². The molecule has 0 atom stereocenters. The molecule has 1 N–H and O–H groups in total. The Hall–Kier alpha value is -1.66. The molecule has 1 aliphatic carbocycles. The molecule has 0 unspecified atom stereocenters. The van der Waals surface area contributed by atoms with Crippen LogP contribution in [0.1, 0.15) is 34.6 Å². The molecule has 0 saturated carbocycles. The van der Waals surface area contributed by atoms with E-state index in [1.807, 2.05) is 28.9 Å². The molecular formula is C17H20BrN3O2. The average molecular weight is 378 g/mol. The summed E-state index contributed by atoms with van der Waals surface area (Å²) in [5.41, 5.74) is 3.78. The van der Waals surface area contributed by atoms with E-state index in [0.717, 1.165) is 47.1 Å². The molecule has 122 valence electrons. The van der Waals surface area contributed by atoms with Crippen LogP contribution in [-0.4, -0.2) is 35.9 Å². The summed E-state index contributed by atoms with van der Waals surface area (Å²) in [6.45, 7) is 0.994. The smallest absolute Gasteiger partial charge is 0.272 e.